The second kappa shape index (κ2) is 6.47. The lowest BCUT2D eigenvalue weighted by Crippen LogP contribution is -2.34. The molecule has 2 aromatic carbocycles. The van der Waals surface area contributed by atoms with Gasteiger partial charge in [-0.05, 0) is 47.9 Å². The second-order valence-corrected chi connectivity index (χ2v) is 7.65. The van der Waals surface area contributed by atoms with E-state index in [1.165, 1.54) is 30.3 Å². The molecule has 2 N–H and O–H groups in total. The van der Waals surface area contributed by atoms with Crippen LogP contribution in [0.4, 0.5) is 10.5 Å². The van der Waals surface area contributed by atoms with Gasteiger partial charge in [0.1, 0.15) is 0 Å². The van der Waals surface area contributed by atoms with Crippen LogP contribution in [0.25, 0.3) is 6.08 Å². The first-order valence-corrected chi connectivity index (χ1v) is 9.17. The van der Waals surface area contributed by atoms with Crippen molar-refractivity contribution >= 4 is 51.0 Å². The molecule has 0 fully saturated rings. The van der Waals surface area contributed by atoms with Crippen molar-refractivity contribution in [2.45, 2.75) is 11.3 Å². The highest BCUT2D eigenvalue weighted by Gasteiger charge is 2.19. The fourth-order valence-corrected chi connectivity index (χ4v) is 3.55. The largest absolute Gasteiger partial charge is 0.333 e. The molecule has 0 spiro atoms. The number of hydrogen-bond donors (Lipinski definition) is 2. The average molecular weight is 383 g/mol. The molecule has 0 saturated carbocycles. The van der Waals surface area contributed by atoms with Crippen LogP contribution < -0.4 is 10.0 Å². The van der Waals surface area contributed by atoms with Crippen LogP contribution in [0.5, 0.6) is 0 Å². The molecule has 8 heteroatoms. The van der Waals surface area contributed by atoms with E-state index in [1.54, 1.807) is 6.07 Å². The molecule has 1 aliphatic rings. The van der Waals surface area contributed by atoms with Crippen LogP contribution in [-0.2, 0) is 16.4 Å². The Morgan fingerprint density at radius 1 is 1.04 bits per heavy atom. The maximum atomic E-state index is 12.3. The third kappa shape index (κ3) is 3.56. The Morgan fingerprint density at radius 2 is 1.83 bits per heavy atom. The minimum absolute atomic E-state index is 0.0251. The highest BCUT2D eigenvalue weighted by Crippen LogP contribution is 2.25. The number of sulfonamides is 1. The molecule has 24 heavy (non-hydrogen) atoms. The van der Waals surface area contributed by atoms with Gasteiger partial charge >= 0.3 is 6.03 Å². The van der Waals surface area contributed by atoms with Gasteiger partial charge in [0.2, 0.25) is 0 Å². The van der Waals surface area contributed by atoms with Crippen molar-refractivity contribution in [1.29, 1.82) is 0 Å². The molecule has 0 bridgehead atoms. The standard InChI is InChI=1S/C16H12Cl2N2O3S/c17-14-7-5-12(9-15(14)18)19-16(21)20-24(22,23)13-6-4-10-2-1-3-11(10)8-13/h1,3-9H,2H2,(H2,19,20,21). The van der Waals surface area contributed by atoms with Crippen LogP contribution in [-0.4, -0.2) is 14.4 Å². The third-order valence-corrected chi connectivity index (χ3v) is 5.54. The van der Waals surface area contributed by atoms with E-state index in [4.69, 9.17) is 23.2 Å². The van der Waals surface area contributed by atoms with Gasteiger partial charge in [-0.15, -0.1) is 0 Å². The van der Waals surface area contributed by atoms with Gasteiger partial charge in [0.15, 0.2) is 0 Å². The molecule has 0 unspecified atom stereocenters. The third-order valence-electron chi connectivity index (χ3n) is 3.47. The molecule has 0 heterocycles. The summed E-state index contributed by atoms with van der Waals surface area (Å²) in [6, 6.07) is 8.30. The summed E-state index contributed by atoms with van der Waals surface area (Å²) in [7, 11) is -3.97. The van der Waals surface area contributed by atoms with Crippen molar-refractivity contribution in [3.05, 3.63) is 63.6 Å². The Kier molecular flexibility index (Phi) is 4.54. The molecular formula is C16H12Cl2N2O3S. The lowest BCUT2D eigenvalue weighted by Gasteiger charge is -2.10. The van der Waals surface area contributed by atoms with Crippen molar-refractivity contribution in [1.82, 2.24) is 4.72 Å². The van der Waals surface area contributed by atoms with Crippen LogP contribution in [0.15, 0.2) is 47.4 Å². The maximum Gasteiger partial charge on any atom is 0.333 e. The summed E-state index contributed by atoms with van der Waals surface area (Å²) in [5.74, 6) is 0. The first kappa shape index (κ1) is 16.8. The molecule has 0 atom stereocenters. The molecule has 0 aromatic heterocycles. The number of rotatable bonds is 3. The number of hydrogen-bond acceptors (Lipinski definition) is 3. The fourth-order valence-electron chi connectivity index (χ4n) is 2.31. The van der Waals surface area contributed by atoms with Crippen molar-refractivity contribution in [2.75, 3.05) is 5.32 Å². The number of nitrogens with one attached hydrogen (secondary N) is 2. The monoisotopic (exact) mass is 382 g/mol. The highest BCUT2D eigenvalue weighted by atomic mass is 35.5. The normalized spacial score (nSPS) is 12.8. The fraction of sp³-hybridized carbons (Fsp3) is 0.0625. The average Bonchev–Trinajstić information content (AvgIpc) is 2.98. The van der Waals surface area contributed by atoms with Crippen LogP contribution in [0.2, 0.25) is 10.0 Å². The van der Waals surface area contributed by atoms with Gasteiger partial charge in [-0.25, -0.2) is 17.9 Å². The summed E-state index contributed by atoms with van der Waals surface area (Å²) >= 11 is 11.6. The van der Waals surface area contributed by atoms with Crippen molar-refractivity contribution < 1.29 is 13.2 Å². The smallest absolute Gasteiger partial charge is 0.307 e. The number of urea groups is 1. The van der Waals surface area contributed by atoms with Gasteiger partial charge in [-0.2, -0.15) is 0 Å². The molecule has 0 aliphatic heterocycles. The quantitative estimate of drug-likeness (QED) is 0.839. The Balaban J connectivity index is 1.75. The summed E-state index contributed by atoms with van der Waals surface area (Å²) in [5.41, 5.74) is 2.21. The van der Waals surface area contributed by atoms with E-state index in [0.717, 1.165) is 17.5 Å². The Bertz CT molecular complexity index is 956. The summed E-state index contributed by atoms with van der Waals surface area (Å²) in [6.07, 6.45) is 4.58. The van der Waals surface area contributed by atoms with E-state index < -0.39 is 16.1 Å². The van der Waals surface area contributed by atoms with Gasteiger partial charge < -0.3 is 5.32 Å². The lowest BCUT2D eigenvalue weighted by molar-refractivity contribution is 0.256. The van der Waals surface area contributed by atoms with Crippen LogP contribution in [0, 0.1) is 0 Å². The van der Waals surface area contributed by atoms with Crippen LogP contribution in [0.3, 0.4) is 0 Å². The summed E-state index contributed by atoms with van der Waals surface area (Å²) in [5, 5.41) is 2.99. The van der Waals surface area contributed by atoms with Gasteiger partial charge in [-0.1, -0.05) is 41.4 Å². The number of anilines is 1. The molecule has 2 aromatic rings. The topological polar surface area (TPSA) is 75.3 Å². The molecule has 2 amide bonds. The van der Waals surface area contributed by atoms with Crippen molar-refractivity contribution in [3.63, 3.8) is 0 Å². The summed E-state index contributed by atoms with van der Waals surface area (Å²) < 4.78 is 26.6. The summed E-state index contributed by atoms with van der Waals surface area (Å²) in [6.45, 7) is 0. The molecule has 124 valence electrons. The van der Waals surface area contributed by atoms with E-state index in [9.17, 15) is 13.2 Å². The van der Waals surface area contributed by atoms with Crippen LogP contribution in [0.1, 0.15) is 11.1 Å². The van der Waals surface area contributed by atoms with Gasteiger partial charge in [-0.3, -0.25) is 0 Å². The molecule has 0 saturated heterocycles. The number of fused-ring (bicyclic) bond motifs is 1. The van der Waals surface area contributed by atoms with Crippen molar-refractivity contribution in [2.24, 2.45) is 0 Å². The predicted molar refractivity (Wildman–Crippen MR) is 95.0 cm³/mol. The SMILES string of the molecule is O=C(Nc1ccc(Cl)c(Cl)c1)NS(=O)(=O)c1ccc2c(c1)C=CC2. The number of allylic oxidation sites excluding steroid dienone is 1. The minimum Gasteiger partial charge on any atom is -0.307 e. The number of amides is 2. The van der Waals surface area contributed by atoms with E-state index in [-0.39, 0.29) is 9.92 Å². The predicted octanol–water partition coefficient (Wildman–Crippen LogP) is 4.07. The maximum absolute atomic E-state index is 12.3. The van der Waals surface area contributed by atoms with Gasteiger partial charge in [0.05, 0.1) is 14.9 Å². The van der Waals surface area contributed by atoms with E-state index in [1.807, 2.05) is 16.9 Å². The van der Waals surface area contributed by atoms with Gasteiger partial charge in [0.25, 0.3) is 10.0 Å². The second-order valence-electron chi connectivity index (χ2n) is 5.16. The summed E-state index contributed by atoms with van der Waals surface area (Å²) in [4.78, 5) is 12.0. The highest BCUT2D eigenvalue weighted by molar-refractivity contribution is 7.90. The van der Waals surface area contributed by atoms with E-state index >= 15 is 0 Å². The molecule has 0 radical (unpaired) electrons. The van der Waals surface area contributed by atoms with Crippen molar-refractivity contribution in [3.8, 4) is 0 Å². The van der Waals surface area contributed by atoms with E-state index in [0.29, 0.717) is 10.7 Å². The number of carbonyl (C=O) groups excluding carboxylic acids is 1. The Morgan fingerprint density at radius 3 is 2.58 bits per heavy atom. The van der Waals surface area contributed by atoms with Gasteiger partial charge in [0, 0.05) is 5.69 Å². The minimum atomic E-state index is -3.97. The number of carbonyl (C=O) groups is 1. The number of benzene rings is 2. The molecule has 1 aliphatic carbocycles. The zero-order valence-electron chi connectivity index (χ0n) is 12.2. The molecule has 3 rings (SSSR count). The first-order valence-electron chi connectivity index (χ1n) is 6.93. The Labute approximate surface area is 149 Å². The first-order chi connectivity index (χ1) is 11.3. The zero-order valence-corrected chi connectivity index (χ0v) is 14.5. The molecule has 5 nitrogen and oxygen atoms in total. The zero-order chi connectivity index (χ0) is 17.3. The molecular weight excluding hydrogens is 371 g/mol. The van der Waals surface area contributed by atoms with E-state index in [2.05, 4.69) is 5.32 Å². The lowest BCUT2D eigenvalue weighted by atomic mass is 10.1. The van der Waals surface area contributed by atoms with Crippen LogP contribution >= 0.6 is 23.2 Å². The Hall–Kier alpha value is -2.02. The number of halogens is 2.